The smallest absolute Gasteiger partial charge is 0.228 e. The highest BCUT2D eigenvalue weighted by atomic mass is 16.4. The predicted octanol–water partition coefficient (Wildman–Crippen LogP) is 8.54. The molecule has 0 radical (unpaired) electrons. The molecule has 3 aromatic heterocycles. The number of hydrogen-bond acceptors (Lipinski definition) is 2. The van der Waals surface area contributed by atoms with E-state index in [2.05, 4.69) is 105 Å². The molecule has 0 unspecified atom stereocenters. The first-order valence-corrected chi connectivity index (χ1v) is 12.4. The molecule has 8 rings (SSSR count). The van der Waals surface area contributed by atoms with Crippen molar-refractivity contribution in [3.05, 3.63) is 128 Å². The minimum atomic E-state index is 0.611. The van der Waals surface area contributed by atoms with Gasteiger partial charge < -0.3 is 8.98 Å². The topological polar surface area (TPSA) is 35.9 Å². The highest BCUT2D eigenvalue weighted by Gasteiger charge is 2.22. The highest BCUT2D eigenvalue weighted by molar-refractivity contribution is 6.26. The van der Waals surface area contributed by atoms with Gasteiger partial charge >= 0.3 is 0 Å². The Morgan fingerprint density at radius 3 is 1.95 bits per heavy atom. The standard InChI is InChI=1S/C33H21N3O/c1-3-11-22(12-4-1)33-34-21-30(37-33)36-27-17-9-7-15-24(27)25-19-20-29-31(32(25)36)26-16-8-10-18-28(26)35(29)23-13-5-2-6-14-23/h1-21H. The Morgan fingerprint density at radius 1 is 0.514 bits per heavy atom. The highest BCUT2D eigenvalue weighted by Crippen LogP contribution is 2.42. The Morgan fingerprint density at radius 2 is 1.16 bits per heavy atom. The molecule has 4 heteroatoms. The molecule has 0 saturated heterocycles. The van der Waals surface area contributed by atoms with Gasteiger partial charge in [0, 0.05) is 32.8 Å². The number of rotatable bonds is 3. The van der Waals surface area contributed by atoms with Gasteiger partial charge in [-0.15, -0.1) is 0 Å². The number of oxazole rings is 1. The van der Waals surface area contributed by atoms with E-state index in [1.54, 1.807) is 0 Å². The van der Waals surface area contributed by atoms with Gasteiger partial charge in [0.15, 0.2) is 0 Å². The fraction of sp³-hybridized carbons (Fsp3) is 0. The Balaban J connectivity index is 1.54. The van der Waals surface area contributed by atoms with Gasteiger partial charge in [-0.2, -0.15) is 0 Å². The van der Waals surface area contributed by atoms with Gasteiger partial charge in [0.05, 0.1) is 28.3 Å². The molecular weight excluding hydrogens is 454 g/mol. The van der Waals surface area contributed by atoms with E-state index < -0.39 is 0 Å². The van der Waals surface area contributed by atoms with Gasteiger partial charge in [0.2, 0.25) is 11.8 Å². The summed E-state index contributed by atoms with van der Waals surface area (Å²) in [6.45, 7) is 0. The van der Waals surface area contributed by atoms with Crippen LogP contribution >= 0.6 is 0 Å². The average molecular weight is 476 g/mol. The van der Waals surface area contributed by atoms with E-state index in [4.69, 9.17) is 4.42 Å². The average Bonchev–Trinajstić information content (AvgIpc) is 3.66. The Labute approximate surface area is 212 Å². The minimum absolute atomic E-state index is 0.611. The molecule has 0 saturated carbocycles. The quantitative estimate of drug-likeness (QED) is 0.257. The van der Waals surface area contributed by atoms with Crippen LogP contribution in [0.2, 0.25) is 0 Å². The van der Waals surface area contributed by atoms with Crippen LogP contribution in [0.25, 0.3) is 66.6 Å². The number of benzene rings is 5. The first-order valence-electron chi connectivity index (χ1n) is 12.4. The number of aromatic nitrogens is 3. The van der Waals surface area contributed by atoms with Crippen molar-refractivity contribution in [3.8, 4) is 23.0 Å². The maximum absolute atomic E-state index is 6.43. The van der Waals surface area contributed by atoms with E-state index in [9.17, 15) is 0 Å². The molecule has 0 aliphatic carbocycles. The maximum atomic E-state index is 6.43. The first-order chi connectivity index (χ1) is 18.4. The second kappa shape index (κ2) is 7.70. The summed E-state index contributed by atoms with van der Waals surface area (Å²) in [4.78, 5) is 4.66. The summed E-state index contributed by atoms with van der Waals surface area (Å²) in [5, 5.41) is 4.79. The zero-order valence-electron chi connectivity index (χ0n) is 19.9. The summed E-state index contributed by atoms with van der Waals surface area (Å²) >= 11 is 0. The van der Waals surface area contributed by atoms with Crippen LogP contribution in [0.3, 0.4) is 0 Å². The molecule has 174 valence electrons. The molecule has 0 aliphatic heterocycles. The van der Waals surface area contributed by atoms with Crippen molar-refractivity contribution >= 4 is 43.6 Å². The zero-order chi connectivity index (χ0) is 24.3. The number of para-hydroxylation sites is 3. The molecule has 0 atom stereocenters. The van der Waals surface area contributed by atoms with Gasteiger partial charge in [-0.25, -0.2) is 4.98 Å². The maximum Gasteiger partial charge on any atom is 0.228 e. The Bertz CT molecular complexity index is 2080. The van der Waals surface area contributed by atoms with Gasteiger partial charge in [0.25, 0.3) is 0 Å². The summed E-state index contributed by atoms with van der Waals surface area (Å²) in [6, 6.07) is 42.2. The van der Waals surface area contributed by atoms with Crippen molar-refractivity contribution in [2.24, 2.45) is 0 Å². The molecule has 4 nitrogen and oxygen atoms in total. The van der Waals surface area contributed by atoms with Gasteiger partial charge in [-0.05, 0) is 42.5 Å². The molecule has 0 fully saturated rings. The second-order valence-corrected chi connectivity index (χ2v) is 9.27. The Hall–Kier alpha value is -5.09. The number of fused-ring (bicyclic) bond motifs is 7. The van der Waals surface area contributed by atoms with E-state index >= 15 is 0 Å². The fourth-order valence-electron chi connectivity index (χ4n) is 5.68. The molecule has 37 heavy (non-hydrogen) atoms. The monoisotopic (exact) mass is 475 g/mol. The Kier molecular flexibility index (Phi) is 4.19. The molecule has 0 spiro atoms. The van der Waals surface area contributed by atoms with Crippen LogP contribution in [0.15, 0.2) is 132 Å². The fourth-order valence-corrected chi connectivity index (χ4v) is 5.68. The third-order valence-corrected chi connectivity index (χ3v) is 7.22. The predicted molar refractivity (Wildman–Crippen MR) is 151 cm³/mol. The number of hydrogen-bond donors (Lipinski definition) is 0. The second-order valence-electron chi connectivity index (χ2n) is 9.27. The minimum Gasteiger partial charge on any atom is -0.420 e. The van der Waals surface area contributed by atoms with Crippen LogP contribution in [0.1, 0.15) is 0 Å². The lowest BCUT2D eigenvalue weighted by molar-refractivity contribution is 0.554. The largest absolute Gasteiger partial charge is 0.420 e. The molecule has 0 aliphatic rings. The molecule has 0 bridgehead atoms. The molecule has 0 amide bonds. The lowest BCUT2D eigenvalue weighted by atomic mass is 10.1. The van der Waals surface area contributed by atoms with E-state index in [1.165, 1.54) is 27.1 Å². The van der Waals surface area contributed by atoms with E-state index in [-0.39, 0.29) is 0 Å². The van der Waals surface area contributed by atoms with Crippen molar-refractivity contribution in [2.45, 2.75) is 0 Å². The molecule has 5 aromatic carbocycles. The van der Waals surface area contributed by atoms with Crippen LogP contribution in [-0.2, 0) is 0 Å². The summed E-state index contributed by atoms with van der Waals surface area (Å²) in [5.41, 5.74) is 6.65. The first kappa shape index (κ1) is 20.1. The van der Waals surface area contributed by atoms with E-state index in [0.29, 0.717) is 11.8 Å². The molecule has 8 aromatic rings. The van der Waals surface area contributed by atoms with Crippen molar-refractivity contribution < 1.29 is 4.42 Å². The van der Waals surface area contributed by atoms with Crippen molar-refractivity contribution in [3.63, 3.8) is 0 Å². The van der Waals surface area contributed by atoms with Crippen molar-refractivity contribution in [2.75, 3.05) is 0 Å². The van der Waals surface area contributed by atoms with E-state index in [0.717, 1.165) is 27.8 Å². The van der Waals surface area contributed by atoms with Crippen molar-refractivity contribution in [1.82, 2.24) is 14.1 Å². The summed E-state index contributed by atoms with van der Waals surface area (Å²) in [6.07, 6.45) is 1.84. The van der Waals surface area contributed by atoms with Gasteiger partial charge in [0.1, 0.15) is 0 Å². The zero-order valence-corrected chi connectivity index (χ0v) is 19.9. The van der Waals surface area contributed by atoms with Gasteiger partial charge in [-0.1, -0.05) is 78.9 Å². The number of nitrogens with zero attached hydrogens (tertiary/aromatic N) is 3. The van der Waals surface area contributed by atoms with Crippen LogP contribution in [0.5, 0.6) is 0 Å². The van der Waals surface area contributed by atoms with E-state index in [1.807, 2.05) is 36.5 Å². The van der Waals surface area contributed by atoms with Crippen molar-refractivity contribution in [1.29, 1.82) is 0 Å². The third kappa shape index (κ3) is 2.87. The molecular formula is C33H21N3O. The SMILES string of the molecule is c1ccc(-c2ncc(-n3c4ccccc4c4ccc5c(c6ccccc6n5-c5ccccc5)c43)o2)cc1. The normalized spacial score (nSPS) is 11.8. The summed E-state index contributed by atoms with van der Waals surface area (Å²) in [7, 11) is 0. The van der Waals surface area contributed by atoms with Crippen LogP contribution in [-0.4, -0.2) is 14.1 Å². The molecule has 3 heterocycles. The van der Waals surface area contributed by atoms with Gasteiger partial charge in [-0.3, -0.25) is 4.57 Å². The van der Waals surface area contributed by atoms with Crippen LogP contribution in [0.4, 0.5) is 0 Å². The van der Waals surface area contributed by atoms with Crippen LogP contribution < -0.4 is 0 Å². The lowest BCUT2D eigenvalue weighted by Crippen LogP contribution is -1.94. The third-order valence-electron chi connectivity index (χ3n) is 7.22. The van der Waals surface area contributed by atoms with Crippen LogP contribution in [0, 0.1) is 0 Å². The molecule has 0 N–H and O–H groups in total. The lowest BCUT2D eigenvalue weighted by Gasteiger charge is -2.08. The summed E-state index contributed by atoms with van der Waals surface area (Å²) < 4.78 is 11.0. The summed E-state index contributed by atoms with van der Waals surface area (Å²) in [5.74, 6) is 1.31.